The van der Waals surface area contributed by atoms with Crippen LogP contribution >= 0.6 is 0 Å². The topological polar surface area (TPSA) is 46.5 Å². The first-order valence-corrected chi connectivity index (χ1v) is 6.40. The molecule has 2 rings (SSSR count). The van der Waals surface area contributed by atoms with Crippen molar-refractivity contribution in [3.63, 3.8) is 0 Å². The zero-order valence-corrected chi connectivity index (χ0v) is 10.4. The van der Waals surface area contributed by atoms with Crippen LogP contribution in [0.1, 0.15) is 30.4 Å². The van der Waals surface area contributed by atoms with Crippen LogP contribution in [0.5, 0.6) is 5.75 Å². The van der Waals surface area contributed by atoms with Crippen LogP contribution in [0.3, 0.4) is 0 Å². The summed E-state index contributed by atoms with van der Waals surface area (Å²) in [5.41, 5.74) is 2.74. The Balaban J connectivity index is 1.91. The fourth-order valence-corrected chi connectivity index (χ4v) is 2.30. The number of rotatable bonds is 5. The Kier molecular flexibility index (Phi) is 4.40. The van der Waals surface area contributed by atoms with Gasteiger partial charge in [0.25, 0.3) is 0 Å². The summed E-state index contributed by atoms with van der Waals surface area (Å²) in [6.45, 7) is 0.528. The summed E-state index contributed by atoms with van der Waals surface area (Å²) in [5, 5.41) is 8.46. The summed E-state index contributed by atoms with van der Waals surface area (Å²) in [6.07, 6.45) is 8.13. The Hall–Kier alpha value is -1.77. The molecule has 0 heterocycles. The summed E-state index contributed by atoms with van der Waals surface area (Å²) in [7, 11) is 0. The number of hydrogen-bond donors (Lipinski definition) is 1. The highest BCUT2D eigenvalue weighted by molar-refractivity contribution is 5.79. The lowest BCUT2D eigenvalue weighted by Crippen LogP contribution is -2.06. The van der Waals surface area contributed by atoms with Gasteiger partial charge in [-0.05, 0) is 49.3 Å². The van der Waals surface area contributed by atoms with Gasteiger partial charge in [0.1, 0.15) is 5.75 Å². The van der Waals surface area contributed by atoms with Crippen molar-refractivity contribution in [3.8, 4) is 5.75 Å². The lowest BCUT2D eigenvalue weighted by molar-refractivity contribution is -0.131. The molecule has 1 aromatic rings. The summed E-state index contributed by atoms with van der Waals surface area (Å²) >= 11 is 0. The highest BCUT2D eigenvalue weighted by Gasteiger charge is 2.13. The number of carboxylic acids is 1. The van der Waals surface area contributed by atoms with Crippen molar-refractivity contribution in [2.24, 2.45) is 0 Å². The molecule has 3 heteroatoms. The number of carbonyl (C=O) groups is 1. The van der Waals surface area contributed by atoms with Crippen LogP contribution in [-0.2, 0) is 17.6 Å². The maximum absolute atomic E-state index is 10.3. The molecular weight excluding hydrogens is 228 g/mol. The average Bonchev–Trinajstić information content (AvgIpc) is 2.38. The van der Waals surface area contributed by atoms with Crippen LogP contribution in [0.15, 0.2) is 30.4 Å². The molecule has 1 aliphatic carbocycles. The van der Waals surface area contributed by atoms with Crippen LogP contribution < -0.4 is 4.74 Å². The molecule has 3 nitrogen and oxygen atoms in total. The Labute approximate surface area is 107 Å². The van der Waals surface area contributed by atoms with Crippen LogP contribution in [0.25, 0.3) is 0 Å². The van der Waals surface area contributed by atoms with Crippen molar-refractivity contribution in [3.05, 3.63) is 41.5 Å². The predicted molar refractivity (Wildman–Crippen MR) is 70.0 cm³/mol. The first-order chi connectivity index (χ1) is 8.77. The van der Waals surface area contributed by atoms with Crippen molar-refractivity contribution in [2.45, 2.75) is 32.1 Å². The van der Waals surface area contributed by atoms with E-state index in [2.05, 4.69) is 6.07 Å². The molecule has 96 valence electrons. The maximum Gasteiger partial charge on any atom is 0.327 e. The number of hydrogen-bond acceptors (Lipinski definition) is 2. The third kappa shape index (κ3) is 3.36. The second-order valence-corrected chi connectivity index (χ2v) is 4.48. The molecule has 0 radical (unpaired) electrons. The molecule has 1 aliphatic rings. The molecule has 0 bridgehead atoms. The first-order valence-electron chi connectivity index (χ1n) is 6.40. The Morgan fingerprint density at radius 1 is 1.33 bits per heavy atom. The van der Waals surface area contributed by atoms with Gasteiger partial charge >= 0.3 is 5.97 Å². The average molecular weight is 246 g/mol. The van der Waals surface area contributed by atoms with Crippen molar-refractivity contribution in [1.29, 1.82) is 0 Å². The van der Waals surface area contributed by atoms with E-state index in [-0.39, 0.29) is 0 Å². The van der Waals surface area contributed by atoms with Crippen LogP contribution in [-0.4, -0.2) is 17.7 Å². The SMILES string of the molecule is O=C(O)/C=C/CCOc1cccc2c1CCCC2. The number of carboxylic acid groups (broad SMARTS) is 1. The molecule has 0 atom stereocenters. The normalized spacial score (nSPS) is 14.4. The van der Waals surface area contributed by atoms with Gasteiger partial charge in [-0.15, -0.1) is 0 Å². The zero-order valence-electron chi connectivity index (χ0n) is 10.4. The van der Waals surface area contributed by atoms with Gasteiger partial charge < -0.3 is 9.84 Å². The van der Waals surface area contributed by atoms with E-state index in [9.17, 15) is 4.79 Å². The largest absolute Gasteiger partial charge is 0.493 e. The van der Waals surface area contributed by atoms with Crippen LogP contribution in [0.4, 0.5) is 0 Å². The molecular formula is C15H18O3. The molecule has 0 saturated heterocycles. The maximum atomic E-state index is 10.3. The van der Waals surface area contributed by atoms with E-state index in [1.54, 1.807) is 6.08 Å². The molecule has 0 saturated carbocycles. The smallest absolute Gasteiger partial charge is 0.327 e. The number of benzene rings is 1. The van der Waals surface area contributed by atoms with Crippen molar-refractivity contribution >= 4 is 5.97 Å². The number of ether oxygens (including phenoxy) is 1. The quantitative estimate of drug-likeness (QED) is 0.641. The van der Waals surface area contributed by atoms with E-state index in [0.29, 0.717) is 13.0 Å². The van der Waals surface area contributed by atoms with Gasteiger partial charge in [-0.25, -0.2) is 4.79 Å². The Morgan fingerprint density at radius 2 is 2.17 bits per heavy atom. The van der Waals surface area contributed by atoms with E-state index in [1.807, 2.05) is 12.1 Å². The molecule has 1 N–H and O–H groups in total. The minimum atomic E-state index is -0.910. The molecule has 0 unspecified atom stereocenters. The van der Waals surface area contributed by atoms with Crippen molar-refractivity contribution in [2.75, 3.05) is 6.61 Å². The van der Waals surface area contributed by atoms with Gasteiger partial charge in [0.15, 0.2) is 0 Å². The molecule has 1 aromatic carbocycles. The lowest BCUT2D eigenvalue weighted by Gasteiger charge is -2.19. The first kappa shape index (κ1) is 12.7. The fourth-order valence-electron chi connectivity index (χ4n) is 2.30. The van der Waals surface area contributed by atoms with Crippen molar-refractivity contribution < 1.29 is 14.6 Å². The third-order valence-corrected chi connectivity index (χ3v) is 3.16. The Morgan fingerprint density at radius 3 is 3.00 bits per heavy atom. The summed E-state index contributed by atoms with van der Waals surface area (Å²) in [6, 6.07) is 6.21. The second kappa shape index (κ2) is 6.24. The monoisotopic (exact) mass is 246 g/mol. The van der Waals surface area contributed by atoms with Gasteiger partial charge in [0.2, 0.25) is 0 Å². The van der Waals surface area contributed by atoms with E-state index in [0.717, 1.165) is 24.7 Å². The second-order valence-electron chi connectivity index (χ2n) is 4.48. The minimum absolute atomic E-state index is 0.528. The standard InChI is InChI=1S/C15H18O3/c16-15(17)10-3-4-11-18-14-9-5-7-12-6-1-2-8-13(12)14/h3,5,7,9-10H,1-2,4,6,8,11H2,(H,16,17)/b10-3+. The molecule has 18 heavy (non-hydrogen) atoms. The fraction of sp³-hybridized carbons (Fsp3) is 0.400. The lowest BCUT2D eigenvalue weighted by atomic mass is 9.91. The number of aryl methyl sites for hydroxylation is 1. The van der Waals surface area contributed by atoms with Crippen LogP contribution in [0, 0.1) is 0 Å². The predicted octanol–water partition coefficient (Wildman–Crippen LogP) is 2.98. The van der Waals surface area contributed by atoms with Gasteiger partial charge in [-0.2, -0.15) is 0 Å². The zero-order chi connectivity index (χ0) is 12.8. The van der Waals surface area contributed by atoms with Crippen molar-refractivity contribution in [1.82, 2.24) is 0 Å². The third-order valence-electron chi connectivity index (χ3n) is 3.16. The van der Waals surface area contributed by atoms with Gasteiger partial charge in [0.05, 0.1) is 6.61 Å². The molecule has 0 fully saturated rings. The van der Waals surface area contributed by atoms with Gasteiger partial charge in [-0.3, -0.25) is 0 Å². The number of fused-ring (bicyclic) bond motifs is 1. The molecule has 0 aromatic heterocycles. The summed E-state index contributed by atoms with van der Waals surface area (Å²) in [4.78, 5) is 10.3. The highest BCUT2D eigenvalue weighted by atomic mass is 16.5. The Bertz CT molecular complexity index is 449. The van der Waals surface area contributed by atoms with E-state index in [1.165, 1.54) is 24.0 Å². The molecule has 0 spiro atoms. The van der Waals surface area contributed by atoms with E-state index < -0.39 is 5.97 Å². The highest BCUT2D eigenvalue weighted by Crippen LogP contribution is 2.29. The molecule has 0 amide bonds. The summed E-state index contributed by atoms with van der Waals surface area (Å²) < 4.78 is 5.74. The summed E-state index contributed by atoms with van der Waals surface area (Å²) in [5.74, 6) is 0.0583. The van der Waals surface area contributed by atoms with Crippen LogP contribution in [0.2, 0.25) is 0 Å². The van der Waals surface area contributed by atoms with Gasteiger partial charge in [-0.1, -0.05) is 18.2 Å². The minimum Gasteiger partial charge on any atom is -0.493 e. The van der Waals surface area contributed by atoms with E-state index >= 15 is 0 Å². The number of aliphatic carboxylic acids is 1. The van der Waals surface area contributed by atoms with Gasteiger partial charge in [0, 0.05) is 6.08 Å². The molecule has 0 aliphatic heterocycles. The van der Waals surface area contributed by atoms with E-state index in [4.69, 9.17) is 9.84 Å².